The molecule has 1 heterocycles. The van der Waals surface area contributed by atoms with Crippen molar-refractivity contribution in [3.05, 3.63) is 59.9 Å². The summed E-state index contributed by atoms with van der Waals surface area (Å²) in [5.74, 6) is -0.136. The molecule has 128 valence electrons. The Morgan fingerprint density at radius 2 is 1.96 bits per heavy atom. The highest BCUT2D eigenvalue weighted by atomic mass is 16.5. The van der Waals surface area contributed by atoms with Crippen LogP contribution in [-0.4, -0.2) is 37.7 Å². The molecule has 1 aromatic heterocycles. The molecule has 2 aromatic rings. The molecule has 1 amide bonds. The van der Waals surface area contributed by atoms with E-state index in [1.54, 1.807) is 19.4 Å². The lowest BCUT2D eigenvalue weighted by molar-refractivity contribution is 0.0948. The van der Waals surface area contributed by atoms with E-state index in [0.29, 0.717) is 18.8 Å². The molecule has 0 aliphatic heterocycles. The van der Waals surface area contributed by atoms with E-state index in [1.165, 1.54) is 5.56 Å². The van der Waals surface area contributed by atoms with Gasteiger partial charge in [-0.05, 0) is 37.0 Å². The van der Waals surface area contributed by atoms with Crippen LogP contribution in [0.25, 0.3) is 0 Å². The topological polar surface area (TPSA) is 63.2 Å². The molecule has 24 heavy (non-hydrogen) atoms. The molecule has 0 saturated carbocycles. The molecule has 0 spiro atoms. The van der Waals surface area contributed by atoms with Crippen molar-refractivity contribution in [3.8, 4) is 0 Å². The van der Waals surface area contributed by atoms with E-state index in [0.717, 1.165) is 31.5 Å². The highest BCUT2D eigenvalue weighted by Crippen LogP contribution is 2.08. The van der Waals surface area contributed by atoms with Gasteiger partial charge in [-0.3, -0.25) is 9.78 Å². The van der Waals surface area contributed by atoms with Gasteiger partial charge < -0.3 is 15.4 Å². The average molecular weight is 327 g/mol. The van der Waals surface area contributed by atoms with E-state index < -0.39 is 0 Å². The van der Waals surface area contributed by atoms with E-state index in [1.807, 2.05) is 24.3 Å². The van der Waals surface area contributed by atoms with Crippen LogP contribution < -0.4 is 10.6 Å². The number of carbonyl (C=O) groups excluding carboxylic acids is 1. The van der Waals surface area contributed by atoms with Gasteiger partial charge in [0.25, 0.3) is 5.91 Å². The SMILES string of the molecule is COCCCNc1ccnc(C(=O)NCCCc2ccccc2)c1. The molecule has 1 aromatic carbocycles. The van der Waals surface area contributed by atoms with Gasteiger partial charge in [0.05, 0.1) is 0 Å². The molecular formula is C19H25N3O2. The van der Waals surface area contributed by atoms with Crippen molar-refractivity contribution in [2.75, 3.05) is 32.1 Å². The fraction of sp³-hybridized carbons (Fsp3) is 0.368. The molecule has 0 fully saturated rings. The minimum absolute atomic E-state index is 0.136. The maximum atomic E-state index is 12.2. The maximum Gasteiger partial charge on any atom is 0.269 e. The van der Waals surface area contributed by atoms with Crippen molar-refractivity contribution in [2.24, 2.45) is 0 Å². The molecule has 0 saturated heterocycles. The summed E-state index contributed by atoms with van der Waals surface area (Å²) in [6.45, 7) is 2.16. The van der Waals surface area contributed by atoms with Gasteiger partial charge in [-0.25, -0.2) is 0 Å². The normalized spacial score (nSPS) is 10.4. The van der Waals surface area contributed by atoms with Crippen LogP contribution in [0.1, 0.15) is 28.9 Å². The molecule has 0 aliphatic carbocycles. The van der Waals surface area contributed by atoms with E-state index in [-0.39, 0.29) is 5.91 Å². The van der Waals surface area contributed by atoms with Crippen molar-refractivity contribution in [2.45, 2.75) is 19.3 Å². The molecular weight excluding hydrogens is 302 g/mol. The monoisotopic (exact) mass is 327 g/mol. The summed E-state index contributed by atoms with van der Waals surface area (Å²) in [6.07, 6.45) is 4.43. The quantitative estimate of drug-likeness (QED) is 0.659. The Morgan fingerprint density at radius 3 is 2.75 bits per heavy atom. The summed E-state index contributed by atoms with van der Waals surface area (Å²) >= 11 is 0. The number of methoxy groups -OCH3 is 1. The number of anilines is 1. The lowest BCUT2D eigenvalue weighted by Gasteiger charge is -2.08. The first-order chi connectivity index (χ1) is 11.8. The van der Waals surface area contributed by atoms with Crippen LogP contribution in [-0.2, 0) is 11.2 Å². The van der Waals surface area contributed by atoms with Crippen LogP contribution in [0.5, 0.6) is 0 Å². The molecule has 5 nitrogen and oxygen atoms in total. The molecule has 0 atom stereocenters. The smallest absolute Gasteiger partial charge is 0.269 e. The van der Waals surface area contributed by atoms with Crippen LogP contribution in [0.4, 0.5) is 5.69 Å². The minimum atomic E-state index is -0.136. The van der Waals surface area contributed by atoms with Crippen LogP contribution in [0.3, 0.4) is 0 Å². The highest BCUT2D eigenvalue weighted by molar-refractivity contribution is 5.93. The second kappa shape index (κ2) is 10.4. The number of pyridine rings is 1. The second-order valence-corrected chi connectivity index (χ2v) is 5.55. The fourth-order valence-corrected chi connectivity index (χ4v) is 2.34. The largest absolute Gasteiger partial charge is 0.385 e. The first kappa shape index (κ1) is 17.9. The Kier molecular flexibility index (Phi) is 7.77. The molecule has 0 unspecified atom stereocenters. The predicted octanol–water partition coefficient (Wildman–Crippen LogP) is 2.89. The first-order valence-corrected chi connectivity index (χ1v) is 8.30. The molecule has 0 bridgehead atoms. The van der Waals surface area contributed by atoms with Crippen molar-refractivity contribution in [3.63, 3.8) is 0 Å². The predicted molar refractivity (Wildman–Crippen MR) is 96.3 cm³/mol. The Labute approximate surface area is 143 Å². The molecule has 2 rings (SSSR count). The van der Waals surface area contributed by atoms with Crippen LogP contribution in [0.2, 0.25) is 0 Å². The molecule has 5 heteroatoms. The lowest BCUT2D eigenvalue weighted by atomic mass is 10.1. The fourth-order valence-electron chi connectivity index (χ4n) is 2.34. The maximum absolute atomic E-state index is 12.2. The number of nitrogens with zero attached hydrogens (tertiary/aromatic N) is 1. The van der Waals surface area contributed by atoms with Crippen molar-refractivity contribution < 1.29 is 9.53 Å². The van der Waals surface area contributed by atoms with Gasteiger partial charge in [-0.15, -0.1) is 0 Å². The summed E-state index contributed by atoms with van der Waals surface area (Å²) in [5, 5.41) is 6.19. The number of amides is 1. The van der Waals surface area contributed by atoms with Gasteiger partial charge >= 0.3 is 0 Å². The number of ether oxygens (including phenoxy) is 1. The Bertz CT molecular complexity index is 617. The highest BCUT2D eigenvalue weighted by Gasteiger charge is 2.07. The lowest BCUT2D eigenvalue weighted by Crippen LogP contribution is -2.25. The number of hydrogen-bond acceptors (Lipinski definition) is 4. The zero-order chi connectivity index (χ0) is 17.0. The number of aryl methyl sites for hydroxylation is 1. The third-order valence-corrected chi connectivity index (χ3v) is 3.62. The summed E-state index contributed by atoms with van der Waals surface area (Å²) in [4.78, 5) is 16.3. The van der Waals surface area contributed by atoms with Gasteiger partial charge in [-0.2, -0.15) is 0 Å². The molecule has 0 aliphatic rings. The van der Waals surface area contributed by atoms with Crippen molar-refractivity contribution in [1.82, 2.24) is 10.3 Å². The number of hydrogen-bond donors (Lipinski definition) is 2. The number of nitrogens with one attached hydrogen (secondary N) is 2. The van der Waals surface area contributed by atoms with Gasteiger partial charge in [0, 0.05) is 38.7 Å². The second-order valence-electron chi connectivity index (χ2n) is 5.55. The zero-order valence-corrected chi connectivity index (χ0v) is 14.1. The zero-order valence-electron chi connectivity index (χ0n) is 14.1. The van der Waals surface area contributed by atoms with Crippen LogP contribution >= 0.6 is 0 Å². The van der Waals surface area contributed by atoms with E-state index >= 15 is 0 Å². The molecule has 0 radical (unpaired) electrons. The average Bonchev–Trinajstić information content (AvgIpc) is 2.63. The van der Waals surface area contributed by atoms with Gasteiger partial charge in [0.15, 0.2) is 0 Å². The summed E-state index contributed by atoms with van der Waals surface area (Å²) < 4.78 is 5.01. The number of aromatic nitrogens is 1. The third kappa shape index (κ3) is 6.38. The van der Waals surface area contributed by atoms with E-state index in [9.17, 15) is 4.79 Å². The third-order valence-electron chi connectivity index (χ3n) is 3.62. The number of rotatable bonds is 10. The van der Waals surface area contributed by atoms with Crippen LogP contribution in [0.15, 0.2) is 48.7 Å². The Hall–Kier alpha value is -2.40. The minimum Gasteiger partial charge on any atom is -0.385 e. The van der Waals surface area contributed by atoms with Crippen molar-refractivity contribution >= 4 is 11.6 Å². The summed E-state index contributed by atoms with van der Waals surface area (Å²) in [5.41, 5.74) is 2.62. The molecule has 2 N–H and O–H groups in total. The summed E-state index contributed by atoms with van der Waals surface area (Å²) in [7, 11) is 1.69. The van der Waals surface area contributed by atoms with Gasteiger partial charge in [0.1, 0.15) is 5.69 Å². The number of benzene rings is 1. The van der Waals surface area contributed by atoms with Gasteiger partial charge in [0.2, 0.25) is 0 Å². The number of carbonyl (C=O) groups is 1. The Morgan fingerprint density at radius 1 is 1.12 bits per heavy atom. The summed E-state index contributed by atoms with van der Waals surface area (Å²) in [6, 6.07) is 13.9. The van der Waals surface area contributed by atoms with Gasteiger partial charge in [-0.1, -0.05) is 30.3 Å². The standard InChI is InChI=1S/C19H25N3O2/c1-24-14-6-12-20-17-10-13-21-18(15-17)19(23)22-11-5-9-16-7-3-2-4-8-16/h2-4,7-8,10,13,15H,5-6,9,11-12,14H2,1H3,(H,20,21)(H,22,23). The first-order valence-electron chi connectivity index (χ1n) is 8.30. The Balaban J connectivity index is 1.73. The van der Waals surface area contributed by atoms with Crippen LogP contribution in [0, 0.1) is 0 Å². The van der Waals surface area contributed by atoms with E-state index in [4.69, 9.17) is 4.74 Å². The van der Waals surface area contributed by atoms with E-state index in [2.05, 4.69) is 27.8 Å². The van der Waals surface area contributed by atoms with Crippen molar-refractivity contribution in [1.29, 1.82) is 0 Å².